The van der Waals surface area contributed by atoms with Crippen LogP contribution in [0, 0.1) is 10.1 Å². The van der Waals surface area contributed by atoms with Crippen LogP contribution in [-0.2, 0) is 6.54 Å². The number of ketones is 1. The second kappa shape index (κ2) is 7.61. The van der Waals surface area contributed by atoms with E-state index in [-0.39, 0.29) is 22.4 Å². The lowest BCUT2D eigenvalue weighted by Gasteiger charge is -2.09. The van der Waals surface area contributed by atoms with Gasteiger partial charge < -0.3 is 14.4 Å². The molecule has 0 atom stereocenters. The fourth-order valence-electron chi connectivity index (χ4n) is 2.41. The SMILES string of the molecule is CCCCn1cc(C(=O)c2ccc(OC)c([N+](=O)[O-])c2O)ccc1=O. The Morgan fingerprint density at radius 2 is 2.04 bits per heavy atom. The monoisotopic (exact) mass is 346 g/mol. The van der Waals surface area contributed by atoms with Crippen molar-refractivity contribution in [2.75, 3.05) is 7.11 Å². The highest BCUT2D eigenvalue weighted by molar-refractivity contribution is 6.11. The zero-order valence-corrected chi connectivity index (χ0v) is 13.9. The Balaban J connectivity index is 2.50. The fourth-order valence-corrected chi connectivity index (χ4v) is 2.41. The van der Waals surface area contributed by atoms with Gasteiger partial charge in [-0.15, -0.1) is 0 Å². The Bertz CT molecular complexity index is 872. The number of hydrogen-bond donors (Lipinski definition) is 1. The summed E-state index contributed by atoms with van der Waals surface area (Å²) in [4.78, 5) is 34.8. The number of aromatic hydroxyl groups is 1. The Kier molecular flexibility index (Phi) is 5.53. The fraction of sp³-hybridized carbons (Fsp3) is 0.294. The van der Waals surface area contributed by atoms with Gasteiger partial charge in [-0.3, -0.25) is 19.7 Å². The van der Waals surface area contributed by atoms with E-state index in [2.05, 4.69) is 0 Å². The van der Waals surface area contributed by atoms with Crippen LogP contribution >= 0.6 is 0 Å². The Hall–Kier alpha value is -3.16. The summed E-state index contributed by atoms with van der Waals surface area (Å²) in [5, 5.41) is 21.3. The molecule has 0 aliphatic carbocycles. The van der Waals surface area contributed by atoms with Crippen molar-refractivity contribution in [2.45, 2.75) is 26.3 Å². The average molecular weight is 346 g/mol. The Labute approximate surface area is 143 Å². The number of phenolic OH excluding ortho intramolecular Hbond substituents is 1. The van der Waals surface area contributed by atoms with Gasteiger partial charge >= 0.3 is 5.69 Å². The number of carbonyl (C=O) groups is 1. The van der Waals surface area contributed by atoms with Crippen LogP contribution in [0.3, 0.4) is 0 Å². The maximum atomic E-state index is 12.6. The molecule has 0 aliphatic rings. The van der Waals surface area contributed by atoms with E-state index >= 15 is 0 Å². The van der Waals surface area contributed by atoms with Crippen LogP contribution in [0.4, 0.5) is 5.69 Å². The van der Waals surface area contributed by atoms with Crippen LogP contribution in [0.5, 0.6) is 11.5 Å². The molecule has 1 heterocycles. The van der Waals surface area contributed by atoms with E-state index in [1.165, 1.54) is 42.1 Å². The first kappa shape index (κ1) is 18.2. The summed E-state index contributed by atoms with van der Waals surface area (Å²) < 4.78 is 6.26. The van der Waals surface area contributed by atoms with Gasteiger partial charge in [-0.25, -0.2) is 0 Å². The smallest absolute Gasteiger partial charge is 0.352 e. The molecule has 1 aromatic heterocycles. The van der Waals surface area contributed by atoms with Crippen LogP contribution in [0.15, 0.2) is 35.3 Å². The molecule has 0 amide bonds. The van der Waals surface area contributed by atoms with E-state index in [1.807, 2.05) is 6.92 Å². The highest BCUT2D eigenvalue weighted by Crippen LogP contribution is 2.39. The van der Waals surface area contributed by atoms with E-state index in [0.29, 0.717) is 6.54 Å². The van der Waals surface area contributed by atoms with Crippen LogP contribution < -0.4 is 10.3 Å². The summed E-state index contributed by atoms with van der Waals surface area (Å²) in [5.74, 6) is -1.53. The number of pyridine rings is 1. The molecule has 25 heavy (non-hydrogen) atoms. The largest absolute Gasteiger partial charge is 0.501 e. The average Bonchev–Trinajstić information content (AvgIpc) is 2.59. The molecule has 132 valence electrons. The molecule has 0 spiro atoms. The van der Waals surface area contributed by atoms with Crippen molar-refractivity contribution in [1.29, 1.82) is 0 Å². The van der Waals surface area contributed by atoms with Gasteiger partial charge in [-0.2, -0.15) is 0 Å². The van der Waals surface area contributed by atoms with Crippen LogP contribution in [-0.4, -0.2) is 27.5 Å². The third-order valence-electron chi connectivity index (χ3n) is 3.76. The summed E-state index contributed by atoms with van der Waals surface area (Å²) in [6, 6.07) is 5.10. The number of carbonyl (C=O) groups excluding carboxylic acids is 1. The highest BCUT2D eigenvalue weighted by atomic mass is 16.6. The van der Waals surface area contributed by atoms with Crippen LogP contribution in [0.2, 0.25) is 0 Å². The molecule has 8 heteroatoms. The maximum absolute atomic E-state index is 12.6. The second-order valence-corrected chi connectivity index (χ2v) is 5.40. The number of hydrogen-bond acceptors (Lipinski definition) is 6. The minimum Gasteiger partial charge on any atom is -0.501 e. The standard InChI is InChI=1S/C17H18N2O6/c1-3-4-9-18-10-11(5-8-14(18)20)16(21)12-6-7-13(25-2)15(17(12)22)19(23)24/h5-8,10,22H,3-4,9H2,1-2H3. The van der Waals surface area contributed by atoms with Crippen molar-refractivity contribution in [1.82, 2.24) is 4.57 Å². The van der Waals surface area contributed by atoms with E-state index in [4.69, 9.17) is 4.74 Å². The van der Waals surface area contributed by atoms with Gasteiger partial charge in [0.15, 0.2) is 5.78 Å². The van der Waals surface area contributed by atoms with Gasteiger partial charge in [0.05, 0.1) is 17.6 Å². The van der Waals surface area contributed by atoms with Crippen molar-refractivity contribution < 1.29 is 19.6 Å². The van der Waals surface area contributed by atoms with Gasteiger partial charge in [-0.05, 0) is 24.6 Å². The number of nitro groups is 1. The number of ether oxygens (including phenoxy) is 1. The van der Waals surface area contributed by atoms with E-state index < -0.39 is 22.1 Å². The number of phenols is 1. The molecule has 2 rings (SSSR count). The molecule has 0 bridgehead atoms. The van der Waals surface area contributed by atoms with E-state index in [0.717, 1.165) is 12.8 Å². The Morgan fingerprint density at radius 3 is 2.64 bits per heavy atom. The predicted octanol–water partition coefficient (Wildman–Crippen LogP) is 2.50. The molecular formula is C17H18N2O6. The van der Waals surface area contributed by atoms with Gasteiger partial charge in [0.25, 0.3) is 5.56 Å². The van der Waals surface area contributed by atoms with Crippen molar-refractivity contribution in [2.24, 2.45) is 0 Å². The third-order valence-corrected chi connectivity index (χ3v) is 3.76. The number of aryl methyl sites for hydroxylation is 1. The zero-order valence-electron chi connectivity index (χ0n) is 13.9. The van der Waals surface area contributed by atoms with Gasteiger partial charge in [0, 0.05) is 24.4 Å². The molecule has 0 fully saturated rings. The first-order chi connectivity index (χ1) is 11.9. The van der Waals surface area contributed by atoms with E-state index in [1.54, 1.807) is 0 Å². The predicted molar refractivity (Wildman–Crippen MR) is 90.4 cm³/mol. The number of nitrogens with zero attached hydrogens (tertiary/aromatic N) is 2. The minimum absolute atomic E-state index is 0.146. The van der Waals surface area contributed by atoms with Crippen molar-refractivity contribution in [3.8, 4) is 11.5 Å². The molecule has 2 aromatic rings. The molecule has 0 aliphatic heterocycles. The maximum Gasteiger partial charge on any atom is 0.352 e. The lowest BCUT2D eigenvalue weighted by atomic mass is 10.0. The first-order valence-electron chi connectivity index (χ1n) is 7.70. The molecule has 0 unspecified atom stereocenters. The summed E-state index contributed by atoms with van der Waals surface area (Å²) in [7, 11) is 1.23. The lowest BCUT2D eigenvalue weighted by molar-refractivity contribution is -0.386. The minimum atomic E-state index is -0.812. The van der Waals surface area contributed by atoms with Gasteiger partial charge in [0.1, 0.15) is 0 Å². The quantitative estimate of drug-likeness (QED) is 0.468. The highest BCUT2D eigenvalue weighted by Gasteiger charge is 2.27. The van der Waals surface area contributed by atoms with Crippen molar-refractivity contribution in [3.63, 3.8) is 0 Å². The number of rotatable bonds is 7. The normalized spacial score (nSPS) is 10.5. The number of methoxy groups -OCH3 is 1. The van der Waals surface area contributed by atoms with Gasteiger partial charge in [-0.1, -0.05) is 13.3 Å². The summed E-state index contributed by atoms with van der Waals surface area (Å²) in [6.07, 6.45) is 3.06. The zero-order chi connectivity index (χ0) is 18.6. The third kappa shape index (κ3) is 3.68. The number of aromatic nitrogens is 1. The molecule has 1 N–H and O–H groups in total. The molecule has 0 saturated heterocycles. The van der Waals surface area contributed by atoms with Crippen LogP contribution in [0.25, 0.3) is 0 Å². The second-order valence-electron chi connectivity index (χ2n) is 5.40. The number of unbranched alkanes of at least 4 members (excludes halogenated alkanes) is 1. The molecule has 0 radical (unpaired) electrons. The molecular weight excluding hydrogens is 328 g/mol. The summed E-state index contributed by atoms with van der Waals surface area (Å²) in [6.45, 7) is 2.44. The molecule has 0 saturated carbocycles. The lowest BCUT2D eigenvalue weighted by Crippen LogP contribution is -2.20. The summed E-state index contributed by atoms with van der Waals surface area (Å²) >= 11 is 0. The number of nitro benzene ring substituents is 1. The van der Waals surface area contributed by atoms with E-state index in [9.17, 15) is 24.8 Å². The van der Waals surface area contributed by atoms with Gasteiger partial charge in [0.2, 0.25) is 11.5 Å². The first-order valence-corrected chi connectivity index (χ1v) is 7.70. The topological polar surface area (TPSA) is 112 Å². The number of benzene rings is 1. The Morgan fingerprint density at radius 1 is 1.32 bits per heavy atom. The van der Waals surface area contributed by atoms with Crippen molar-refractivity contribution in [3.05, 3.63) is 62.1 Å². The molecule has 1 aromatic carbocycles. The molecule has 8 nitrogen and oxygen atoms in total. The summed E-state index contributed by atoms with van der Waals surface area (Å²) in [5.41, 5.74) is -0.985. The van der Waals surface area contributed by atoms with Crippen molar-refractivity contribution >= 4 is 11.5 Å². The van der Waals surface area contributed by atoms with Crippen LogP contribution in [0.1, 0.15) is 35.7 Å².